The zero-order valence-corrected chi connectivity index (χ0v) is 8.52. The number of aromatic nitrogens is 2. The maximum absolute atomic E-state index is 13.0. The van der Waals surface area contributed by atoms with Crippen LogP contribution >= 0.6 is 0 Å². The van der Waals surface area contributed by atoms with E-state index in [-0.39, 0.29) is 5.82 Å². The molecule has 0 amide bonds. The van der Waals surface area contributed by atoms with Crippen LogP contribution in [0.1, 0.15) is 0 Å². The second-order valence-corrected chi connectivity index (χ2v) is 3.32. The largest absolute Gasteiger partial charge is 0.383 e. The normalized spacial score (nSPS) is 10.0. The van der Waals surface area contributed by atoms with Crippen LogP contribution in [0.25, 0.3) is 11.3 Å². The molecule has 1 aromatic carbocycles. The molecule has 0 radical (unpaired) electrons. The Labute approximate surface area is 92.7 Å². The SMILES string of the molecule is C#CCn1cnc(-c2cccc(F)c2)c1N. The average Bonchev–Trinajstić information content (AvgIpc) is 2.61. The van der Waals surface area contributed by atoms with Crippen LogP contribution in [0.3, 0.4) is 0 Å². The van der Waals surface area contributed by atoms with Crippen LogP contribution in [-0.4, -0.2) is 9.55 Å². The summed E-state index contributed by atoms with van der Waals surface area (Å²) in [5.41, 5.74) is 7.05. The zero-order chi connectivity index (χ0) is 11.5. The molecule has 80 valence electrons. The monoisotopic (exact) mass is 215 g/mol. The van der Waals surface area contributed by atoms with Crippen LogP contribution in [0.4, 0.5) is 10.2 Å². The molecule has 1 aromatic heterocycles. The van der Waals surface area contributed by atoms with E-state index >= 15 is 0 Å². The van der Waals surface area contributed by atoms with Gasteiger partial charge >= 0.3 is 0 Å². The third kappa shape index (κ3) is 1.75. The maximum Gasteiger partial charge on any atom is 0.132 e. The molecule has 0 aliphatic carbocycles. The summed E-state index contributed by atoms with van der Waals surface area (Å²) in [6, 6.07) is 6.13. The number of anilines is 1. The first-order valence-corrected chi connectivity index (χ1v) is 4.72. The number of rotatable bonds is 2. The lowest BCUT2D eigenvalue weighted by Crippen LogP contribution is -2.00. The fraction of sp³-hybridized carbons (Fsp3) is 0.0833. The molecule has 0 aliphatic rings. The van der Waals surface area contributed by atoms with E-state index in [1.807, 2.05) is 0 Å². The van der Waals surface area contributed by atoms with E-state index in [2.05, 4.69) is 10.9 Å². The van der Waals surface area contributed by atoms with Crippen LogP contribution in [0.15, 0.2) is 30.6 Å². The van der Waals surface area contributed by atoms with Crippen LogP contribution in [0, 0.1) is 18.2 Å². The Hall–Kier alpha value is -2.28. The first-order valence-electron chi connectivity index (χ1n) is 4.72. The highest BCUT2D eigenvalue weighted by molar-refractivity contribution is 5.70. The summed E-state index contributed by atoms with van der Waals surface area (Å²) in [4.78, 5) is 4.12. The van der Waals surface area contributed by atoms with Crippen LogP contribution in [-0.2, 0) is 6.54 Å². The predicted molar refractivity (Wildman–Crippen MR) is 60.9 cm³/mol. The second kappa shape index (κ2) is 4.07. The summed E-state index contributed by atoms with van der Waals surface area (Å²) in [5.74, 6) is 2.60. The Morgan fingerprint density at radius 2 is 2.31 bits per heavy atom. The van der Waals surface area contributed by atoms with E-state index in [0.717, 1.165) is 0 Å². The Morgan fingerprint density at radius 1 is 1.50 bits per heavy atom. The smallest absolute Gasteiger partial charge is 0.132 e. The molecule has 2 rings (SSSR count). The number of nitrogens with two attached hydrogens (primary N) is 1. The molecule has 0 saturated heterocycles. The minimum atomic E-state index is -0.316. The van der Waals surface area contributed by atoms with Gasteiger partial charge in [0.1, 0.15) is 17.3 Å². The molecule has 0 bridgehead atoms. The number of imidazole rings is 1. The second-order valence-electron chi connectivity index (χ2n) is 3.32. The summed E-state index contributed by atoms with van der Waals surface area (Å²) in [6.45, 7) is 0.355. The van der Waals surface area contributed by atoms with Gasteiger partial charge in [-0.25, -0.2) is 9.37 Å². The van der Waals surface area contributed by atoms with E-state index in [0.29, 0.717) is 23.6 Å². The summed E-state index contributed by atoms with van der Waals surface area (Å²) in [6.07, 6.45) is 6.74. The maximum atomic E-state index is 13.0. The van der Waals surface area contributed by atoms with Crippen molar-refractivity contribution < 1.29 is 4.39 Å². The first-order chi connectivity index (χ1) is 7.72. The predicted octanol–water partition coefficient (Wildman–Crippen LogP) is 1.90. The summed E-state index contributed by atoms with van der Waals surface area (Å²) in [7, 11) is 0. The van der Waals surface area contributed by atoms with Gasteiger partial charge in [-0.2, -0.15) is 0 Å². The van der Waals surface area contributed by atoms with Crippen molar-refractivity contribution in [3.63, 3.8) is 0 Å². The lowest BCUT2D eigenvalue weighted by Gasteiger charge is -2.01. The molecule has 1 heterocycles. The summed E-state index contributed by atoms with van der Waals surface area (Å²) < 4.78 is 14.7. The van der Waals surface area contributed by atoms with Crippen molar-refractivity contribution in [1.82, 2.24) is 9.55 Å². The molecule has 2 aromatic rings. The van der Waals surface area contributed by atoms with Gasteiger partial charge in [0.25, 0.3) is 0 Å². The van der Waals surface area contributed by atoms with Gasteiger partial charge in [0.05, 0.1) is 12.9 Å². The molecule has 0 fully saturated rings. The van der Waals surface area contributed by atoms with E-state index in [1.165, 1.54) is 12.1 Å². The van der Waals surface area contributed by atoms with Crippen molar-refractivity contribution >= 4 is 5.82 Å². The molecule has 2 N–H and O–H groups in total. The molecular formula is C12H10FN3. The number of halogens is 1. The standard InChI is InChI=1S/C12H10FN3/c1-2-6-16-8-15-11(12(16)14)9-4-3-5-10(13)7-9/h1,3-5,7-8H,6,14H2. The molecule has 3 nitrogen and oxygen atoms in total. The van der Waals surface area contributed by atoms with Crippen molar-refractivity contribution in [2.75, 3.05) is 5.73 Å². The number of terminal acetylenes is 1. The fourth-order valence-electron chi connectivity index (χ4n) is 1.47. The van der Waals surface area contributed by atoms with Gasteiger partial charge in [0.2, 0.25) is 0 Å². The quantitative estimate of drug-likeness (QED) is 0.777. The molecule has 0 spiro atoms. The van der Waals surface area contributed by atoms with Crippen molar-refractivity contribution in [3.05, 3.63) is 36.4 Å². The lowest BCUT2D eigenvalue weighted by molar-refractivity contribution is 0.628. The van der Waals surface area contributed by atoms with Gasteiger partial charge in [-0.3, -0.25) is 0 Å². The summed E-state index contributed by atoms with van der Waals surface area (Å²) in [5, 5.41) is 0. The van der Waals surface area contributed by atoms with E-state index < -0.39 is 0 Å². The van der Waals surface area contributed by atoms with Crippen LogP contribution in [0.2, 0.25) is 0 Å². The highest BCUT2D eigenvalue weighted by Gasteiger charge is 2.09. The Kier molecular flexibility index (Phi) is 2.61. The molecule has 0 unspecified atom stereocenters. The molecule has 16 heavy (non-hydrogen) atoms. The van der Waals surface area contributed by atoms with Crippen molar-refractivity contribution in [2.24, 2.45) is 0 Å². The highest BCUT2D eigenvalue weighted by Crippen LogP contribution is 2.24. The van der Waals surface area contributed by atoms with E-state index in [4.69, 9.17) is 12.2 Å². The summed E-state index contributed by atoms with van der Waals surface area (Å²) >= 11 is 0. The van der Waals surface area contributed by atoms with E-state index in [1.54, 1.807) is 23.0 Å². The Morgan fingerprint density at radius 3 is 3.00 bits per heavy atom. The average molecular weight is 215 g/mol. The third-order valence-corrected chi connectivity index (χ3v) is 2.24. The minimum absolute atomic E-state index is 0.316. The number of hydrogen-bond donors (Lipinski definition) is 1. The number of hydrogen-bond acceptors (Lipinski definition) is 2. The fourth-order valence-corrected chi connectivity index (χ4v) is 1.47. The molecular weight excluding hydrogens is 205 g/mol. The van der Waals surface area contributed by atoms with Gasteiger partial charge in [0, 0.05) is 5.56 Å². The topological polar surface area (TPSA) is 43.8 Å². The first kappa shape index (κ1) is 10.2. The molecule has 0 aliphatic heterocycles. The van der Waals surface area contributed by atoms with E-state index in [9.17, 15) is 4.39 Å². The van der Waals surface area contributed by atoms with Gasteiger partial charge in [-0.05, 0) is 12.1 Å². The van der Waals surface area contributed by atoms with Gasteiger partial charge in [-0.1, -0.05) is 18.1 Å². The third-order valence-electron chi connectivity index (χ3n) is 2.24. The van der Waals surface area contributed by atoms with Crippen molar-refractivity contribution in [1.29, 1.82) is 0 Å². The van der Waals surface area contributed by atoms with Crippen molar-refractivity contribution in [3.8, 4) is 23.6 Å². The molecule has 4 heteroatoms. The van der Waals surface area contributed by atoms with Gasteiger partial charge in [0.15, 0.2) is 0 Å². The lowest BCUT2D eigenvalue weighted by atomic mass is 10.1. The van der Waals surface area contributed by atoms with Crippen LogP contribution < -0.4 is 5.73 Å². The molecule has 0 saturated carbocycles. The van der Waals surface area contributed by atoms with Gasteiger partial charge < -0.3 is 10.3 Å². The highest BCUT2D eigenvalue weighted by atomic mass is 19.1. The molecule has 0 atom stereocenters. The van der Waals surface area contributed by atoms with Gasteiger partial charge in [-0.15, -0.1) is 6.42 Å². The number of benzene rings is 1. The zero-order valence-electron chi connectivity index (χ0n) is 8.52. The Balaban J connectivity index is 2.46. The number of nitrogen functional groups attached to an aromatic ring is 1. The van der Waals surface area contributed by atoms with Crippen LogP contribution in [0.5, 0.6) is 0 Å². The minimum Gasteiger partial charge on any atom is -0.383 e. The Bertz CT molecular complexity index is 552. The number of nitrogens with zero attached hydrogens (tertiary/aromatic N) is 2. The van der Waals surface area contributed by atoms with Crippen molar-refractivity contribution in [2.45, 2.75) is 6.54 Å².